The van der Waals surface area contributed by atoms with Gasteiger partial charge < -0.3 is 9.84 Å². The lowest BCUT2D eigenvalue weighted by atomic mass is 10.0. The van der Waals surface area contributed by atoms with Crippen LogP contribution in [0.1, 0.15) is 30.9 Å². The number of aromatic nitrogens is 1. The Bertz CT molecular complexity index is 353. The van der Waals surface area contributed by atoms with E-state index in [-0.39, 0.29) is 0 Å². The van der Waals surface area contributed by atoms with Crippen molar-refractivity contribution in [1.82, 2.24) is 15.4 Å². The minimum atomic E-state index is 0.601. The van der Waals surface area contributed by atoms with Crippen LogP contribution in [-0.4, -0.2) is 35.7 Å². The summed E-state index contributed by atoms with van der Waals surface area (Å²) in [4.78, 5) is 2.49. The van der Waals surface area contributed by atoms with Crippen molar-refractivity contribution < 1.29 is 4.52 Å². The maximum atomic E-state index is 5.22. The van der Waals surface area contributed by atoms with Crippen molar-refractivity contribution in [2.45, 2.75) is 40.3 Å². The molecule has 1 aliphatic rings. The van der Waals surface area contributed by atoms with E-state index in [1.54, 1.807) is 0 Å². The molecule has 0 aliphatic carbocycles. The van der Waals surface area contributed by atoms with Gasteiger partial charge in [-0.15, -0.1) is 0 Å². The van der Waals surface area contributed by atoms with Crippen LogP contribution in [0, 0.1) is 19.8 Å². The van der Waals surface area contributed by atoms with Gasteiger partial charge in [0.05, 0.1) is 5.69 Å². The lowest BCUT2D eigenvalue weighted by molar-refractivity contribution is 0.168. The molecular weight excluding hydrogens is 214 g/mol. The van der Waals surface area contributed by atoms with Crippen LogP contribution in [0.4, 0.5) is 0 Å². The Kier molecular flexibility index (Phi) is 3.84. The molecule has 1 fully saturated rings. The molecule has 0 saturated carbocycles. The first-order valence-corrected chi connectivity index (χ1v) is 6.45. The highest BCUT2D eigenvalue weighted by Gasteiger charge is 2.23. The molecule has 1 atom stereocenters. The zero-order valence-corrected chi connectivity index (χ0v) is 11.3. The zero-order valence-electron chi connectivity index (χ0n) is 11.3. The molecule has 0 amide bonds. The highest BCUT2D eigenvalue weighted by Crippen LogP contribution is 2.17. The average molecular weight is 237 g/mol. The first-order chi connectivity index (χ1) is 8.08. The SMILES string of the molecule is Cc1noc(C)c1CN1CCNC(C(C)C)C1. The van der Waals surface area contributed by atoms with Crippen LogP contribution in [0.15, 0.2) is 4.52 Å². The summed E-state index contributed by atoms with van der Waals surface area (Å²) in [7, 11) is 0. The molecule has 0 spiro atoms. The molecule has 1 aliphatic heterocycles. The second kappa shape index (κ2) is 5.19. The summed E-state index contributed by atoms with van der Waals surface area (Å²) in [5.74, 6) is 1.64. The van der Waals surface area contributed by atoms with Gasteiger partial charge in [-0.3, -0.25) is 4.90 Å². The molecule has 17 heavy (non-hydrogen) atoms. The second-order valence-corrected chi connectivity index (χ2v) is 5.34. The number of hydrogen-bond donors (Lipinski definition) is 1. The molecule has 0 aromatic carbocycles. The van der Waals surface area contributed by atoms with Gasteiger partial charge in [-0.2, -0.15) is 0 Å². The van der Waals surface area contributed by atoms with E-state index in [2.05, 4.69) is 29.2 Å². The van der Waals surface area contributed by atoms with Gasteiger partial charge in [-0.1, -0.05) is 19.0 Å². The van der Waals surface area contributed by atoms with Crippen LogP contribution in [0.2, 0.25) is 0 Å². The molecule has 2 heterocycles. The van der Waals surface area contributed by atoms with Gasteiger partial charge in [-0.25, -0.2) is 0 Å². The van der Waals surface area contributed by atoms with Crippen molar-refractivity contribution in [2.24, 2.45) is 5.92 Å². The Balaban J connectivity index is 1.99. The van der Waals surface area contributed by atoms with Crippen LogP contribution in [0.3, 0.4) is 0 Å². The van der Waals surface area contributed by atoms with E-state index in [4.69, 9.17) is 4.52 Å². The Hall–Kier alpha value is -0.870. The fourth-order valence-corrected chi connectivity index (χ4v) is 2.38. The maximum absolute atomic E-state index is 5.22. The van der Waals surface area contributed by atoms with Crippen molar-refractivity contribution in [3.8, 4) is 0 Å². The standard InChI is InChI=1S/C13H23N3O/c1-9(2)13-8-16(6-5-14-13)7-12-10(3)15-17-11(12)4/h9,13-14H,5-8H2,1-4H3. The highest BCUT2D eigenvalue weighted by atomic mass is 16.5. The molecule has 4 heteroatoms. The smallest absolute Gasteiger partial charge is 0.138 e. The summed E-state index contributed by atoms with van der Waals surface area (Å²) >= 11 is 0. The molecule has 4 nitrogen and oxygen atoms in total. The number of nitrogens with one attached hydrogen (secondary N) is 1. The predicted octanol–water partition coefficient (Wildman–Crippen LogP) is 1.72. The zero-order chi connectivity index (χ0) is 12.4. The van der Waals surface area contributed by atoms with Crippen molar-refractivity contribution in [1.29, 1.82) is 0 Å². The fraction of sp³-hybridized carbons (Fsp3) is 0.769. The fourth-order valence-electron chi connectivity index (χ4n) is 2.38. The van der Waals surface area contributed by atoms with Crippen molar-refractivity contribution in [2.75, 3.05) is 19.6 Å². The van der Waals surface area contributed by atoms with E-state index < -0.39 is 0 Å². The van der Waals surface area contributed by atoms with E-state index in [9.17, 15) is 0 Å². The Morgan fingerprint density at radius 1 is 1.47 bits per heavy atom. The molecular formula is C13H23N3O. The summed E-state index contributed by atoms with van der Waals surface area (Å²) in [6, 6.07) is 0.601. The van der Waals surface area contributed by atoms with Crippen LogP contribution >= 0.6 is 0 Å². The number of piperazine rings is 1. The largest absolute Gasteiger partial charge is 0.361 e. The molecule has 1 unspecified atom stereocenters. The van der Waals surface area contributed by atoms with Gasteiger partial charge in [0.25, 0.3) is 0 Å². The van der Waals surface area contributed by atoms with Crippen molar-refractivity contribution in [3.63, 3.8) is 0 Å². The van der Waals surface area contributed by atoms with Gasteiger partial charge >= 0.3 is 0 Å². The van der Waals surface area contributed by atoms with Crippen molar-refractivity contribution >= 4 is 0 Å². The minimum Gasteiger partial charge on any atom is -0.361 e. The summed E-state index contributed by atoms with van der Waals surface area (Å²) in [6.45, 7) is 12.8. The highest BCUT2D eigenvalue weighted by molar-refractivity contribution is 5.20. The average Bonchev–Trinajstić information content (AvgIpc) is 2.61. The minimum absolute atomic E-state index is 0.601. The number of rotatable bonds is 3. The van der Waals surface area contributed by atoms with Gasteiger partial charge in [0.2, 0.25) is 0 Å². The molecule has 1 N–H and O–H groups in total. The van der Waals surface area contributed by atoms with Crippen LogP contribution in [0.5, 0.6) is 0 Å². The van der Waals surface area contributed by atoms with Crippen LogP contribution < -0.4 is 5.32 Å². The Morgan fingerprint density at radius 3 is 2.82 bits per heavy atom. The molecule has 96 valence electrons. The quantitative estimate of drug-likeness (QED) is 0.869. The molecule has 2 rings (SSSR count). The van der Waals surface area contributed by atoms with Crippen LogP contribution in [0.25, 0.3) is 0 Å². The predicted molar refractivity (Wildman–Crippen MR) is 67.9 cm³/mol. The number of nitrogens with zero attached hydrogens (tertiary/aromatic N) is 2. The van der Waals surface area contributed by atoms with E-state index in [0.717, 1.165) is 37.6 Å². The Morgan fingerprint density at radius 2 is 2.24 bits per heavy atom. The van der Waals surface area contributed by atoms with Crippen LogP contribution in [-0.2, 0) is 6.54 Å². The topological polar surface area (TPSA) is 41.3 Å². The van der Waals surface area contributed by atoms with E-state index in [1.165, 1.54) is 5.56 Å². The summed E-state index contributed by atoms with van der Waals surface area (Å²) in [5, 5.41) is 7.60. The first-order valence-electron chi connectivity index (χ1n) is 6.45. The number of aryl methyl sites for hydroxylation is 2. The maximum Gasteiger partial charge on any atom is 0.138 e. The van der Waals surface area contributed by atoms with E-state index in [0.29, 0.717) is 12.0 Å². The van der Waals surface area contributed by atoms with Crippen molar-refractivity contribution in [3.05, 3.63) is 17.0 Å². The second-order valence-electron chi connectivity index (χ2n) is 5.34. The lowest BCUT2D eigenvalue weighted by Crippen LogP contribution is -2.52. The third-order valence-electron chi connectivity index (χ3n) is 3.66. The lowest BCUT2D eigenvalue weighted by Gasteiger charge is -2.35. The number of hydrogen-bond acceptors (Lipinski definition) is 4. The van der Waals surface area contributed by atoms with Gasteiger partial charge in [0.15, 0.2) is 0 Å². The van der Waals surface area contributed by atoms with Gasteiger partial charge in [-0.05, 0) is 19.8 Å². The Labute approximate surface area is 103 Å². The molecule has 1 saturated heterocycles. The van der Waals surface area contributed by atoms with E-state index in [1.807, 2.05) is 13.8 Å². The molecule has 1 aromatic rings. The molecule has 0 bridgehead atoms. The van der Waals surface area contributed by atoms with Gasteiger partial charge in [0.1, 0.15) is 5.76 Å². The normalized spacial score (nSPS) is 22.3. The van der Waals surface area contributed by atoms with E-state index >= 15 is 0 Å². The molecule has 1 aromatic heterocycles. The molecule has 0 radical (unpaired) electrons. The summed E-state index contributed by atoms with van der Waals surface area (Å²) in [5.41, 5.74) is 2.29. The van der Waals surface area contributed by atoms with Gasteiger partial charge in [0, 0.05) is 37.8 Å². The first kappa shape index (κ1) is 12.6. The third-order valence-corrected chi connectivity index (χ3v) is 3.66. The third kappa shape index (κ3) is 2.87. The monoisotopic (exact) mass is 237 g/mol. The summed E-state index contributed by atoms with van der Waals surface area (Å²) < 4.78 is 5.22. The summed E-state index contributed by atoms with van der Waals surface area (Å²) in [6.07, 6.45) is 0.